The van der Waals surface area contributed by atoms with E-state index in [1.165, 1.54) is 38.5 Å². The third-order valence-corrected chi connectivity index (χ3v) is 5.08. The summed E-state index contributed by atoms with van der Waals surface area (Å²) in [4.78, 5) is 16.5. The number of H-pyrrole nitrogens is 1. The van der Waals surface area contributed by atoms with Gasteiger partial charge in [-0.15, -0.1) is 0 Å². The van der Waals surface area contributed by atoms with E-state index in [9.17, 15) is 0 Å². The van der Waals surface area contributed by atoms with E-state index in [0.29, 0.717) is 11.1 Å². The van der Waals surface area contributed by atoms with Gasteiger partial charge in [0.2, 0.25) is 5.95 Å². The number of fused-ring (bicyclic) bond motifs is 1. The first-order chi connectivity index (χ1) is 12.3. The minimum atomic E-state index is 0.509. The second-order valence-electron chi connectivity index (χ2n) is 6.79. The van der Waals surface area contributed by atoms with Crippen LogP contribution in [0.15, 0.2) is 30.9 Å². The van der Waals surface area contributed by atoms with Crippen molar-refractivity contribution >= 4 is 28.6 Å². The van der Waals surface area contributed by atoms with E-state index in [0.717, 1.165) is 34.5 Å². The Bertz CT molecular complexity index is 835. The van der Waals surface area contributed by atoms with Crippen molar-refractivity contribution in [2.45, 2.75) is 51.0 Å². The highest BCUT2D eigenvalue weighted by Gasteiger charge is 2.13. The highest BCUT2D eigenvalue weighted by atomic mass is 35.5. The number of anilines is 1. The van der Waals surface area contributed by atoms with Crippen molar-refractivity contribution in [3.05, 3.63) is 47.0 Å². The van der Waals surface area contributed by atoms with E-state index in [1.54, 1.807) is 6.20 Å². The number of aromatic amines is 1. The number of nitrogens with zero attached hydrogens (tertiary/aromatic N) is 3. The number of aromatic nitrogens is 4. The monoisotopic (exact) mass is 355 g/mol. The Morgan fingerprint density at radius 1 is 1.04 bits per heavy atom. The van der Waals surface area contributed by atoms with Gasteiger partial charge >= 0.3 is 0 Å². The lowest BCUT2D eigenvalue weighted by molar-refractivity contribution is 0.614. The molecule has 0 unspecified atom stereocenters. The lowest BCUT2D eigenvalue weighted by Gasteiger charge is -2.15. The molecule has 0 saturated heterocycles. The first-order valence-electron chi connectivity index (χ1n) is 8.97. The average molecular weight is 356 g/mol. The normalized spacial score (nSPS) is 16.0. The van der Waals surface area contributed by atoms with E-state index in [2.05, 4.69) is 25.3 Å². The van der Waals surface area contributed by atoms with E-state index in [4.69, 9.17) is 11.6 Å². The van der Waals surface area contributed by atoms with Gasteiger partial charge in [0.1, 0.15) is 5.65 Å². The Kier molecular flexibility index (Phi) is 4.83. The molecule has 0 aliphatic heterocycles. The van der Waals surface area contributed by atoms with E-state index in [1.807, 2.05) is 24.7 Å². The Morgan fingerprint density at radius 2 is 1.80 bits per heavy atom. The summed E-state index contributed by atoms with van der Waals surface area (Å²) in [5.74, 6) is 0.735. The molecule has 1 aliphatic carbocycles. The maximum absolute atomic E-state index is 6.07. The molecule has 0 radical (unpaired) electrons. The summed E-state index contributed by atoms with van der Waals surface area (Å²) in [5, 5.41) is 5.18. The number of halogens is 1. The predicted molar refractivity (Wildman–Crippen MR) is 101 cm³/mol. The summed E-state index contributed by atoms with van der Waals surface area (Å²) in [6, 6.07) is 2.45. The Morgan fingerprint density at radius 3 is 2.56 bits per heavy atom. The standard InChI is InChI=1S/C19H22ClN5/c20-15-8-17-14(11-21-18(17)22-12-15)7-13-9-23-19(24-10-13)25-16-5-3-1-2-4-6-16/h8-12,16H,1-7H2,(H,21,22)(H,23,24,25). The van der Waals surface area contributed by atoms with Crippen LogP contribution in [0.25, 0.3) is 11.0 Å². The highest BCUT2D eigenvalue weighted by molar-refractivity contribution is 6.31. The summed E-state index contributed by atoms with van der Waals surface area (Å²) < 4.78 is 0. The molecule has 2 N–H and O–H groups in total. The van der Waals surface area contributed by atoms with Gasteiger partial charge in [0.05, 0.1) is 5.02 Å². The number of nitrogens with one attached hydrogen (secondary N) is 2. The molecule has 0 atom stereocenters. The smallest absolute Gasteiger partial charge is 0.222 e. The van der Waals surface area contributed by atoms with Crippen molar-refractivity contribution in [1.29, 1.82) is 0 Å². The van der Waals surface area contributed by atoms with E-state index < -0.39 is 0 Å². The van der Waals surface area contributed by atoms with Crippen molar-refractivity contribution in [2.24, 2.45) is 0 Å². The fourth-order valence-corrected chi connectivity index (χ4v) is 3.68. The van der Waals surface area contributed by atoms with Crippen LogP contribution in [-0.4, -0.2) is 26.0 Å². The van der Waals surface area contributed by atoms with Gasteiger partial charge in [0.25, 0.3) is 0 Å². The zero-order chi connectivity index (χ0) is 17.1. The minimum Gasteiger partial charge on any atom is -0.351 e. The van der Waals surface area contributed by atoms with Crippen LogP contribution in [-0.2, 0) is 6.42 Å². The van der Waals surface area contributed by atoms with Gasteiger partial charge in [0.15, 0.2) is 0 Å². The van der Waals surface area contributed by atoms with Crippen LogP contribution < -0.4 is 5.32 Å². The fraction of sp³-hybridized carbons (Fsp3) is 0.421. The molecule has 0 bridgehead atoms. The summed E-state index contributed by atoms with van der Waals surface area (Å²) in [7, 11) is 0. The van der Waals surface area contributed by atoms with Crippen molar-refractivity contribution in [3.63, 3.8) is 0 Å². The number of hydrogen-bond donors (Lipinski definition) is 2. The van der Waals surface area contributed by atoms with Gasteiger partial charge < -0.3 is 10.3 Å². The second-order valence-corrected chi connectivity index (χ2v) is 7.22. The van der Waals surface area contributed by atoms with Crippen LogP contribution in [0.4, 0.5) is 5.95 Å². The van der Waals surface area contributed by atoms with Crippen LogP contribution in [0.5, 0.6) is 0 Å². The molecule has 3 aromatic rings. The van der Waals surface area contributed by atoms with Crippen molar-refractivity contribution in [3.8, 4) is 0 Å². The molecular weight excluding hydrogens is 334 g/mol. The summed E-state index contributed by atoms with van der Waals surface area (Å²) in [6.07, 6.45) is 15.9. The Labute approximate surface area is 152 Å². The van der Waals surface area contributed by atoms with Crippen LogP contribution in [0, 0.1) is 0 Å². The van der Waals surface area contributed by atoms with Crippen LogP contribution in [0.2, 0.25) is 5.02 Å². The molecule has 0 amide bonds. The van der Waals surface area contributed by atoms with Gasteiger partial charge in [-0.2, -0.15) is 0 Å². The molecule has 1 saturated carbocycles. The van der Waals surface area contributed by atoms with E-state index >= 15 is 0 Å². The van der Waals surface area contributed by atoms with Gasteiger partial charge in [-0.25, -0.2) is 15.0 Å². The number of hydrogen-bond acceptors (Lipinski definition) is 4. The summed E-state index contributed by atoms with van der Waals surface area (Å²) in [6.45, 7) is 0. The first kappa shape index (κ1) is 16.3. The molecule has 4 rings (SSSR count). The van der Waals surface area contributed by atoms with Crippen molar-refractivity contribution < 1.29 is 0 Å². The quantitative estimate of drug-likeness (QED) is 0.664. The maximum atomic E-state index is 6.07. The van der Waals surface area contributed by atoms with Gasteiger partial charge in [0, 0.05) is 42.6 Å². The molecule has 3 aromatic heterocycles. The molecule has 130 valence electrons. The van der Waals surface area contributed by atoms with Gasteiger partial charge in [-0.3, -0.25) is 0 Å². The number of rotatable bonds is 4. The molecule has 0 aromatic carbocycles. The molecule has 1 aliphatic rings. The zero-order valence-electron chi connectivity index (χ0n) is 14.1. The SMILES string of the molecule is Clc1cnc2[nH]cc(Cc3cnc(NC4CCCCCC4)nc3)c2c1. The second kappa shape index (κ2) is 7.40. The lowest BCUT2D eigenvalue weighted by Crippen LogP contribution is -2.19. The highest BCUT2D eigenvalue weighted by Crippen LogP contribution is 2.23. The van der Waals surface area contributed by atoms with Crippen LogP contribution >= 0.6 is 11.6 Å². The Hall–Kier alpha value is -2.14. The average Bonchev–Trinajstić information content (AvgIpc) is 2.83. The van der Waals surface area contributed by atoms with Crippen LogP contribution in [0.3, 0.4) is 0 Å². The lowest BCUT2D eigenvalue weighted by atomic mass is 10.1. The zero-order valence-corrected chi connectivity index (χ0v) is 14.9. The molecule has 6 heteroatoms. The molecule has 1 fully saturated rings. The molecule has 0 spiro atoms. The topological polar surface area (TPSA) is 66.5 Å². The third-order valence-electron chi connectivity index (χ3n) is 4.87. The summed E-state index contributed by atoms with van der Waals surface area (Å²) >= 11 is 6.07. The minimum absolute atomic E-state index is 0.509. The fourth-order valence-electron chi connectivity index (χ4n) is 3.53. The number of pyridine rings is 1. The Balaban J connectivity index is 1.45. The van der Waals surface area contributed by atoms with Crippen LogP contribution in [0.1, 0.15) is 49.7 Å². The first-order valence-corrected chi connectivity index (χ1v) is 9.35. The van der Waals surface area contributed by atoms with Gasteiger partial charge in [-0.1, -0.05) is 37.3 Å². The largest absolute Gasteiger partial charge is 0.351 e. The molecule has 25 heavy (non-hydrogen) atoms. The predicted octanol–water partition coefficient (Wildman–Crippen LogP) is 4.73. The maximum Gasteiger partial charge on any atom is 0.222 e. The third kappa shape index (κ3) is 3.93. The molecule has 5 nitrogen and oxygen atoms in total. The molecule has 3 heterocycles. The molecular formula is C19H22ClN5. The van der Waals surface area contributed by atoms with E-state index in [-0.39, 0.29) is 0 Å². The van der Waals surface area contributed by atoms with Crippen molar-refractivity contribution in [1.82, 2.24) is 19.9 Å². The summed E-state index contributed by atoms with van der Waals surface area (Å²) in [5.41, 5.74) is 3.08. The van der Waals surface area contributed by atoms with Crippen molar-refractivity contribution in [2.75, 3.05) is 5.32 Å². The van der Waals surface area contributed by atoms with Gasteiger partial charge in [-0.05, 0) is 30.0 Å².